The van der Waals surface area contributed by atoms with Crippen LogP contribution in [0.15, 0.2) is 15.7 Å². The van der Waals surface area contributed by atoms with Gasteiger partial charge in [-0.3, -0.25) is 14.6 Å². The molecule has 1 aromatic rings. The largest absolute Gasteiger partial charge is 0.390 e. The summed E-state index contributed by atoms with van der Waals surface area (Å²) in [5.74, 6) is -0.508. The Kier molecular flexibility index (Phi) is 3.30. The Morgan fingerprint density at radius 2 is 2.11 bits per heavy atom. The van der Waals surface area contributed by atoms with Crippen molar-refractivity contribution in [2.75, 3.05) is 20.1 Å². The SMILES string of the molecule is CN(C(=O)c1cc(=O)[nH]c(=O)[nH]1)[C@@H]1CNC[C@H]1O. The number of β-amino-alcohol motifs (C(OH)–C–C–N with tert-alkyl or cyclic N) is 1. The lowest BCUT2D eigenvalue weighted by molar-refractivity contribution is 0.0575. The highest BCUT2D eigenvalue weighted by molar-refractivity contribution is 5.92. The maximum Gasteiger partial charge on any atom is 0.326 e. The van der Waals surface area contributed by atoms with E-state index in [0.717, 1.165) is 6.07 Å². The zero-order valence-corrected chi connectivity index (χ0v) is 9.77. The number of carbonyl (C=O) groups excluding carboxylic acids is 1. The molecular formula is C10H14N4O4. The molecule has 18 heavy (non-hydrogen) atoms. The molecule has 1 aromatic heterocycles. The number of carbonyl (C=O) groups is 1. The Hall–Kier alpha value is -1.93. The van der Waals surface area contributed by atoms with Crippen LogP contribution in [-0.4, -0.2) is 58.2 Å². The molecule has 0 aromatic carbocycles. The zero-order chi connectivity index (χ0) is 13.3. The van der Waals surface area contributed by atoms with Gasteiger partial charge in [0.05, 0.1) is 12.1 Å². The molecule has 0 unspecified atom stereocenters. The summed E-state index contributed by atoms with van der Waals surface area (Å²) in [6, 6.07) is 0.648. The van der Waals surface area contributed by atoms with Crippen LogP contribution >= 0.6 is 0 Å². The second-order valence-corrected chi connectivity index (χ2v) is 4.21. The van der Waals surface area contributed by atoms with Gasteiger partial charge in [0.1, 0.15) is 5.69 Å². The van der Waals surface area contributed by atoms with Gasteiger partial charge in [-0.05, 0) is 0 Å². The number of nitrogens with one attached hydrogen (secondary N) is 3. The number of nitrogens with zero attached hydrogens (tertiary/aromatic N) is 1. The van der Waals surface area contributed by atoms with E-state index in [2.05, 4.69) is 10.3 Å². The Bertz CT molecular complexity index is 535. The quantitative estimate of drug-likeness (QED) is 0.464. The van der Waals surface area contributed by atoms with Crippen LogP contribution in [0.3, 0.4) is 0 Å². The number of rotatable bonds is 2. The molecule has 8 heteroatoms. The van der Waals surface area contributed by atoms with Crippen molar-refractivity contribution in [1.82, 2.24) is 20.2 Å². The van der Waals surface area contributed by atoms with E-state index in [1.54, 1.807) is 0 Å². The molecule has 0 bridgehead atoms. The minimum Gasteiger partial charge on any atom is -0.390 e. The molecule has 1 aliphatic heterocycles. The standard InChI is InChI=1S/C10H14N4O4/c1-14(6-3-11-4-7(6)15)9(17)5-2-8(16)13-10(18)12-5/h2,6-7,11,15H,3-4H2,1H3,(H2,12,13,16,18)/t6-,7-/m1/s1. The molecule has 2 rings (SSSR count). The van der Waals surface area contributed by atoms with Gasteiger partial charge in [0.2, 0.25) is 0 Å². The zero-order valence-electron chi connectivity index (χ0n) is 9.77. The number of H-pyrrole nitrogens is 2. The third-order valence-electron chi connectivity index (χ3n) is 2.96. The summed E-state index contributed by atoms with van der Waals surface area (Å²) in [5, 5.41) is 12.6. The number of aromatic amines is 2. The molecule has 1 aliphatic rings. The average molecular weight is 254 g/mol. The number of likely N-dealkylation sites (N-methyl/N-ethyl adjacent to an activating group) is 1. The van der Waals surface area contributed by atoms with Gasteiger partial charge in [-0.25, -0.2) is 4.79 Å². The Morgan fingerprint density at radius 3 is 2.67 bits per heavy atom. The van der Waals surface area contributed by atoms with E-state index in [0.29, 0.717) is 13.1 Å². The van der Waals surface area contributed by atoms with Crippen molar-refractivity contribution in [3.05, 3.63) is 32.6 Å². The minimum atomic E-state index is -0.732. The van der Waals surface area contributed by atoms with Gasteiger partial charge in [-0.1, -0.05) is 0 Å². The lowest BCUT2D eigenvalue weighted by atomic mass is 10.2. The summed E-state index contributed by atoms with van der Waals surface area (Å²) in [6.45, 7) is 0.880. The molecular weight excluding hydrogens is 240 g/mol. The van der Waals surface area contributed by atoms with Crippen LogP contribution in [0, 0.1) is 0 Å². The summed E-state index contributed by atoms with van der Waals surface area (Å²) in [5.41, 5.74) is -1.46. The van der Waals surface area contributed by atoms with Gasteiger partial charge in [0.15, 0.2) is 0 Å². The normalized spacial score (nSPS) is 23.0. The summed E-state index contributed by atoms with van der Waals surface area (Å²) in [7, 11) is 1.52. The van der Waals surface area contributed by atoms with Crippen LogP contribution in [-0.2, 0) is 0 Å². The molecule has 8 nitrogen and oxygen atoms in total. The van der Waals surface area contributed by atoms with E-state index < -0.39 is 23.3 Å². The third-order valence-corrected chi connectivity index (χ3v) is 2.96. The van der Waals surface area contributed by atoms with E-state index in [-0.39, 0.29) is 11.7 Å². The highest BCUT2D eigenvalue weighted by Gasteiger charge is 2.31. The van der Waals surface area contributed by atoms with Crippen LogP contribution in [0.25, 0.3) is 0 Å². The number of hydrogen-bond donors (Lipinski definition) is 4. The summed E-state index contributed by atoms with van der Waals surface area (Å²) >= 11 is 0. The maximum atomic E-state index is 12.0. The van der Waals surface area contributed by atoms with Crippen molar-refractivity contribution >= 4 is 5.91 Å². The molecule has 1 saturated heterocycles. The number of hydrogen-bond acceptors (Lipinski definition) is 5. The monoisotopic (exact) mass is 254 g/mol. The van der Waals surface area contributed by atoms with E-state index >= 15 is 0 Å². The molecule has 2 atom stereocenters. The van der Waals surface area contributed by atoms with Crippen LogP contribution in [0.4, 0.5) is 0 Å². The average Bonchev–Trinajstić information content (AvgIpc) is 2.72. The highest BCUT2D eigenvalue weighted by atomic mass is 16.3. The first-order chi connectivity index (χ1) is 8.49. The molecule has 2 heterocycles. The fourth-order valence-corrected chi connectivity index (χ4v) is 1.97. The fraction of sp³-hybridized carbons (Fsp3) is 0.500. The summed E-state index contributed by atoms with van der Waals surface area (Å²) in [4.78, 5) is 39.8. The van der Waals surface area contributed by atoms with Gasteiger partial charge in [-0.2, -0.15) is 0 Å². The first-order valence-corrected chi connectivity index (χ1v) is 5.48. The molecule has 1 fully saturated rings. The third kappa shape index (κ3) is 2.34. The van der Waals surface area contributed by atoms with Crippen molar-refractivity contribution in [2.45, 2.75) is 12.1 Å². The second-order valence-electron chi connectivity index (χ2n) is 4.21. The molecule has 4 N–H and O–H groups in total. The summed E-state index contributed by atoms with van der Waals surface area (Å²) < 4.78 is 0. The van der Waals surface area contributed by atoms with Crippen LogP contribution in [0.5, 0.6) is 0 Å². The van der Waals surface area contributed by atoms with Crippen molar-refractivity contribution in [3.8, 4) is 0 Å². The van der Waals surface area contributed by atoms with E-state index in [9.17, 15) is 19.5 Å². The number of aliphatic hydroxyl groups excluding tert-OH is 1. The minimum absolute atomic E-state index is 0.0923. The first-order valence-electron chi connectivity index (χ1n) is 5.48. The highest BCUT2D eigenvalue weighted by Crippen LogP contribution is 2.09. The summed E-state index contributed by atoms with van der Waals surface area (Å²) in [6.07, 6.45) is -0.660. The lowest BCUT2D eigenvalue weighted by Gasteiger charge is -2.26. The lowest BCUT2D eigenvalue weighted by Crippen LogP contribution is -2.45. The molecule has 98 valence electrons. The predicted octanol–water partition coefficient (Wildman–Crippen LogP) is -2.53. The smallest absolute Gasteiger partial charge is 0.326 e. The first kappa shape index (κ1) is 12.5. The number of amides is 1. The van der Waals surface area contributed by atoms with Gasteiger partial charge < -0.3 is 20.3 Å². The second kappa shape index (κ2) is 4.75. The van der Waals surface area contributed by atoms with E-state index in [1.165, 1.54) is 11.9 Å². The van der Waals surface area contributed by atoms with Crippen molar-refractivity contribution in [3.63, 3.8) is 0 Å². The van der Waals surface area contributed by atoms with Gasteiger partial charge in [0, 0.05) is 26.2 Å². The van der Waals surface area contributed by atoms with Gasteiger partial charge in [-0.15, -0.1) is 0 Å². The Balaban J connectivity index is 2.25. The van der Waals surface area contributed by atoms with Crippen molar-refractivity contribution in [1.29, 1.82) is 0 Å². The van der Waals surface area contributed by atoms with Crippen molar-refractivity contribution < 1.29 is 9.90 Å². The Morgan fingerprint density at radius 1 is 1.39 bits per heavy atom. The van der Waals surface area contributed by atoms with E-state index in [1.807, 2.05) is 4.98 Å². The molecule has 1 amide bonds. The van der Waals surface area contributed by atoms with Gasteiger partial charge in [0.25, 0.3) is 11.5 Å². The Labute approximate surface area is 102 Å². The number of aromatic nitrogens is 2. The molecule has 0 spiro atoms. The predicted molar refractivity (Wildman–Crippen MR) is 62.4 cm³/mol. The van der Waals surface area contributed by atoms with Crippen LogP contribution in [0.2, 0.25) is 0 Å². The van der Waals surface area contributed by atoms with E-state index in [4.69, 9.17) is 0 Å². The maximum absolute atomic E-state index is 12.0. The van der Waals surface area contributed by atoms with Crippen LogP contribution in [0.1, 0.15) is 10.5 Å². The van der Waals surface area contributed by atoms with Crippen molar-refractivity contribution in [2.24, 2.45) is 0 Å². The van der Waals surface area contributed by atoms with Crippen LogP contribution < -0.4 is 16.6 Å². The van der Waals surface area contributed by atoms with Gasteiger partial charge >= 0.3 is 5.69 Å². The fourth-order valence-electron chi connectivity index (χ4n) is 1.97. The number of aliphatic hydroxyl groups is 1. The molecule has 0 aliphatic carbocycles. The molecule has 0 saturated carbocycles. The molecule has 0 radical (unpaired) electrons. The topological polar surface area (TPSA) is 118 Å².